The van der Waals surface area contributed by atoms with E-state index < -0.39 is 65.1 Å². The molecule has 3 aliphatic carbocycles. The van der Waals surface area contributed by atoms with Gasteiger partial charge in [-0.1, -0.05) is 6.08 Å². The lowest BCUT2D eigenvalue weighted by Crippen LogP contribution is -2.53. The van der Waals surface area contributed by atoms with E-state index in [0.717, 1.165) is 9.80 Å². The second kappa shape index (κ2) is 9.07. The lowest BCUT2D eigenvalue weighted by atomic mass is 9.52. The van der Waals surface area contributed by atoms with Crippen LogP contribution in [0, 0.1) is 35.5 Å². The number of nitrogens with zero attached hydrogens (tertiary/aromatic N) is 2. The summed E-state index contributed by atoms with van der Waals surface area (Å²) in [6, 6.07) is 13.0. The number of amides is 4. The molecule has 6 atom stereocenters. The first-order valence-electron chi connectivity index (χ1n) is 12.7. The first-order chi connectivity index (χ1) is 18.8. The minimum Gasteiger partial charge on any atom is -0.497 e. The van der Waals surface area contributed by atoms with Gasteiger partial charge in [0.1, 0.15) is 11.5 Å². The van der Waals surface area contributed by atoms with Gasteiger partial charge in [-0.05, 0) is 55.5 Å². The number of hydrogen-bond acceptors (Lipinski definition) is 8. The summed E-state index contributed by atoms with van der Waals surface area (Å²) in [5.74, 6) is -6.90. The Morgan fingerprint density at radius 1 is 0.667 bits per heavy atom. The summed E-state index contributed by atoms with van der Waals surface area (Å²) in [4.78, 5) is 70.6. The van der Waals surface area contributed by atoms with Crippen molar-refractivity contribution in [3.63, 3.8) is 0 Å². The Hall–Kier alpha value is -4.47. The van der Waals surface area contributed by atoms with Crippen LogP contribution in [0.25, 0.3) is 0 Å². The van der Waals surface area contributed by atoms with Crippen molar-refractivity contribution in [3.05, 3.63) is 60.2 Å². The van der Waals surface area contributed by atoms with Gasteiger partial charge in [0, 0.05) is 17.4 Å². The largest absolute Gasteiger partial charge is 0.497 e. The van der Waals surface area contributed by atoms with Gasteiger partial charge >= 0.3 is 5.97 Å². The van der Waals surface area contributed by atoms with Gasteiger partial charge in [0.2, 0.25) is 23.6 Å². The van der Waals surface area contributed by atoms with E-state index >= 15 is 0 Å². The highest BCUT2D eigenvalue weighted by molar-refractivity contribution is 6.27. The highest BCUT2D eigenvalue weighted by atomic mass is 16.5. The molecule has 2 aromatic rings. The van der Waals surface area contributed by atoms with E-state index in [2.05, 4.69) is 0 Å². The third-order valence-electron chi connectivity index (χ3n) is 8.30. The molecule has 0 radical (unpaired) electrons. The van der Waals surface area contributed by atoms with Gasteiger partial charge in [-0.15, -0.1) is 0 Å². The Bertz CT molecular complexity index is 1340. The molecule has 0 N–H and O–H groups in total. The van der Waals surface area contributed by atoms with Crippen molar-refractivity contribution in [2.75, 3.05) is 30.6 Å². The Morgan fingerprint density at radius 2 is 1.08 bits per heavy atom. The molecular weight excluding hydrogens is 504 g/mol. The lowest BCUT2D eigenvalue weighted by molar-refractivity contribution is -0.146. The summed E-state index contributed by atoms with van der Waals surface area (Å²) in [5.41, 5.74) is 0.903. The SMILES string of the molecule is CCOC(=O)C1=CC2[C@H]3C(=O)N(c4ccc(OC)cc4)C(=O)[C@@H]3C1[C@@H]1C(=O)N(c3ccc(OC)cc3)C(=O)[C@H]21. The molecule has 39 heavy (non-hydrogen) atoms. The molecule has 10 heteroatoms. The third kappa shape index (κ3) is 3.43. The second-order valence-electron chi connectivity index (χ2n) is 9.97. The Balaban J connectivity index is 1.43. The monoisotopic (exact) mass is 530 g/mol. The van der Waals surface area contributed by atoms with Crippen molar-refractivity contribution < 1.29 is 38.2 Å². The van der Waals surface area contributed by atoms with Crippen molar-refractivity contribution >= 4 is 41.0 Å². The maximum Gasteiger partial charge on any atom is 0.334 e. The first kappa shape index (κ1) is 24.8. The first-order valence-corrected chi connectivity index (χ1v) is 12.7. The third-order valence-corrected chi connectivity index (χ3v) is 8.30. The maximum absolute atomic E-state index is 13.9. The quantitative estimate of drug-likeness (QED) is 0.413. The highest BCUT2D eigenvalue weighted by Gasteiger charge is 2.71. The molecule has 2 aliphatic heterocycles. The number of imide groups is 2. The fourth-order valence-corrected chi connectivity index (χ4v) is 6.74. The molecule has 200 valence electrons. The molecule has 10 nitrogen and oxygen atoms in total. The number of anilines is 2. The smallest absolute Gasteiger partial charge is 0.334 e. The van der Waals surface area contributed by atoms with Crippen molar-refractivity contribution in [1.82, 2.24) is 0 Å². The predicted molar refractivity (Wildman–Crippen MR) is 137 cm³/mol. The van der Waals surface area contributed by atoms with Gasteiger partial charge in [0.25, 0.3) is 0 Å². The summed E-state index contributed by atoms with van der Waals surface area (Å²) in [6.07, 6.45) is 1.59. The molecule has 4 amide bonds. The van der Waals surface area contributed by atoms with E-state index in [9.17, 15) is 24.0 Å². The van der Waals surface area contributed by atoms with Crippen molar-refractivity contribution in [1.29, 1.82) is 0 Å². The molecule has 0 spiro atoms. The predicted octanol–water partition coefficient (Wildman–Crippen LogP) is 2.36. The van der Waals surface area contributed by atoms with Crippen LogP contribution in [-0.4, -0.2) is 50.4 Å². The van der Waals surface area contributed by atoms with Crippen LogP contribution in [-0.2, 0) is 28.7 Å². The van der Waals surface area contributed by atoms with Crippen LogP contribution < -0.4 is 19.3 Å². The summed E-state index contributed by atoms with van der Waals surface area (Å²) in [6.45, 7) is 1.77. The van der Waals surface area contributed by atoms with Gasteiger partial charge in [0.05, 0.1) is 55.9 Å². The van der Waals surface area contributed by atoms with Crippen LogP contribution >= 0.6 is 0 Å². The van der Waals surface area contributed by atoms with Gasteiger partial charge in [0.15, 0.2) is 0 Å². The van der Waals surface area contributed by atoms with Gasteiger partial charge in [-0.2, -0.15) is 0 Å². The molecular formula is C29H26N2O8. The molecule has 2 bridgehead atoms. The molecule has 2 aromatic carbocycles. The van der Waals surface area contributed by atoms with Crippen LogP contribution in [0.4, 0.5) is 11.4 Å². The molecule has 5 aliphatic rings. The average molecular weight is 531 g/mol. The molecule has 0 aromatic heterocycles. The van der Waals surface area contributed by atoms with E-state index in [4.69, 9.17) is 14.2 Å². The number of hydrogen-bond donors (Lipinski definition) is 0. The van der Waals surface area contributed by atoms with Crippen molar-refractivity contribution in [2.24, 2.45) is 35.5 Å². The molecule has 7 rings (SSSR count). The minimum absolute atomic E-state index is 0.103. The van der Waals surface area contributed by atoms with E-state index in [1.807, 2.05) is 0 Å². The molecule has 2 saturated heterocycles. The maximum atomic E-state index is 13.9. The van der Waals surface area contributed by atoms with Gasteiger partial charge < -0.3 is 14.2 Å². The van der Waals surface area contributed by atoms with Gasteiger partial charge in [-0.3, -0.25) is 29.0 Å². The molecule has 2 unspecified atom stereocenters. The number of esters is 1. The van der Waals surface area contributed by atoms with E-state index in [1.54, 1.807) is 61.5 Å². The zero-order valence-corrected chi connectivity index (χ0v) is 21.5. The van der Waals surface area contributed by atoms with E-state index in [0.29, 0.717) is 22.9 Å². The van der Waals surface area contributed by atoms with Crippen LogP contribution in [0.15, 0.2) is 60.2 Å². The van der Waals surface area contributed by atoms with E-state index in [-0.39, 0.29) is 12.2 Å². The number of benzene rings is 2. The van der Waals surface area contributed by atoms with Crippen LogP contribution in [0.1, 0.15) is 6.92 Å². The molecule has 1 saturated carbocycles. The zero-order chi connectivity index (χ0) is 27.6. The second-order valence-corrected chi connectivity index (χ2v) is 9.97. The number of carbonyl (C=O) groups excluding carboxylic acids is 5. The number of ether oxygens (including phenoxy) is 3. The standard InChI is InChI=1S/C29H26N2O8/c1-4-39-29(36)19-13-18-21-23(27(34)30(25(21)32)14-5-9-16(37-2)10-6-14)20(19)24-22(18)26(33)31(28(24)35)15-7-11-17(38-3)12-8-15/h5-13,18,20-24H,4H2,1-3H3/t18?,20?,21-,22-,23-,24+/m1/s1. The molecule has 3 fully saturated rings. The molecule has 2 heterocycles. The van der Waals surface area contributed by atoms with E-state index in [1.165, 1.54) is 14.2 Å². The average Bonchev–Trinajstić information content (AvgIpc) is 3.39. The topological polar surface area (TPSA) is 120 Å². The zero-order valence-electron chi connectivity index (χ0n) is 21.5. The normalized spacial score (nSPS) is 28.8. The summed E-state index contributed by atoms with van der Waals surface area (Å²) in [7, 11) is 3.02. The minimum atomic E-state index is -0.970. The highest BCUT2D eigenvalue weighted by Crippen LogP contribution is 2.61. The fourth-order valence-electron chi connectivity index (χ4n) is 6.74. The Labute approximate surface area is 224 Å². The number of allylic oxidation sites excluding steroid dienone is 1. The van der Waals surface area contributed by atoms with Crippen molar-refractivity contribution in [2.45, 2.75) is 6.92 Å². The summed E-state index contributed by atoms with van der Waals surface area (Å²) in [5, 5.41) is 0. The lowest BCUT2D eigenvalue weighted by Gasteiger charge is -2.46. The Kier molecular flexibility index (Phi) is 5.78. The summed E-state index contributed by atoms with van der Waals surface area (Å²) >= 11 is 0. The van der Waals surface area contributed by atoms with Gasteiger partial charge in [-0.25, -0.2) is 4.79 Å². The summed E-state index contributed by atoms with van der Waals surface area (Å²) < 4.78 is 15.6. The number of methoxy groups -OCH3 is 2. The van der Waals surface area contributed by atoms with Crippen LogP contribution in [0.5, 0.6) is 11.5 Å². The number of carbonyl (C=O) groups is 5. The Morgan fingerprint density at radius 3 is 1.46 bits per heavy atom. The number of rotatable bonds is 6. The van der Waals surface area contributed by atoms with Crippen LogP contribution in [0.3, 0.4) is 0 Å². The van der Waals surface area contributed by atoms with Crippen molar-refractivity contribution in [3.8, 4) is 11.5 Å². The fraction of sp³-hybridized carbons (Fsp3) is 0.345. The van der Waals surface area contributed by atoms with Crippen LogP contribution in [0.2, 0.25) is 0 Å².